The first-order valence-electron chi connectivity index (χ1n) is 7.06. The summed E-state index contributed by atoms with van der Waals surface area (Å²) in [5.41, 5.74) is 5.84. The predicted molar refractivity (Wildman–Crippen MR) is 93.2 cm³/mol. The summed E-state index contributed by atoms with van der Waals surface area (Å²) >= 11 is 0. The van der Waals surface area contributed by atoms with Gasteiger partial charge in [0.2, 0.25) is 0 Å². The normalized spacial score (nSPS) is 9.73. The van der Waals surface area contributed by atoms with Gasteiger partial charge in [0.05, 0.1) is 0 Å². The van der Waals surface area contributed by atoms with E-state index in [4.69, 9.17) is 12.8 Å². The molecule has 0 spiro atoms. The maximum absolute atomic E-state index is 5.77. The van der Waals surface area contributed by atoms with Gasteiger partial charge < -0.3 is 0 Å². The van der Waals surface area contributed by atoms with Gasteiger partial charge in [-0.3, -0.25) is 0 Å². The molecule has 22 heavy (non-hydrogen) atoms. The minimum atomic E-state index is 0.751. The number of benzene rings is 3. The van der Waals surface area contributed by atoms with E-state index in [-0.39, 0.29) is 0 Å². The Labute approximate surface area is 131 Å². The fourth-order valence-electron chi connectivity index (χ4n) is 2.64. The Morgan fingerprint density at radius 2 is 1.18 bits per heavy atom. The third kappa shape index (κ3) is 2.39. The summed E-state index contributed by atoms with van der Waals surface area (Å²) < 4.78 is 0. The maximum Gasteiger partial charge on any atom is 0.0483 e. The van der Waals surface area contributed by atoms with Crippen molar-refractivity contribution in [3.8, 4) is 46.9 Å². The SMILES string of the molecule is C#Cc1ccc(-c2ccccc2)c(-c2ccccc2)c1C#C. The van der Waals surface area contributed by atoms with Gasteiger partial charge in [-0.2, -0.15) is 0 Å². The quantitative estimate of drug-likeness (QED) is 0.580. The lowest BCUT2D eigenvalue weighted by atomic mass is 9.88. The van der Waals surface area contributed by atoms with Crippen molar-refractivity contribution in [2.75, 3.05) is 0 Å². The molecule has 0 fully saturated rings. The van der Waals surface area contributed by atoms with Gasteiger partial charge in [0.25, 0.3) is 0 Å². The van der Waals surface area contributed by atoms with Crippen molar-refractivity contribution in [2.45, 2.75) is 0 Å². The second-order valence-electron chi connectivity index (χ2n) is 4.93. The van der Waals surface area contributed by atoms with Crippen molar-refractivity contribution >= 4 is 0 Å². The largest absolute Gasteiger partial charge is 0.115 e. The van der Waals surface area contributed by atoms with Crippen LogP contribution in [-0.2, 0) is 0 Å². The van der Waals surface area contributed by atoms with E-state index in [9.17, 15) is 0 Å². The molecule has 0 heterocycles. The molecule has 0 aliphatic rings. The van der Waals surface area contributed by atoms with Gasteiger partial charge in [0.15, 0.2) is 0 Å². The summed E-state index contributed by atoms with van der Waals surface area (Å²) in [7, 11) is 0. The maximum atomic E-state index is 5.77. The van der Waals surface area contributed by atoms with Gasteiger partial charge in [-0.1, -0.05) is 78.6 Å². The van der Waals surface area contributed by atoms with E-state index in [1.807, 2.05) is 48.5 Å². The number of rotatable bonds is 2. The molecule has 0 aromatic heterocycles. The van der Waals surface area contributed by atoms with Crippen LogP contribution < -0.4 is 0 Å². The summed E-state index contributed by atoms with van der Waals surface area (Å²) in [6, 6.07) is 24.3. The molecular weight excluding hydrogens is 264 g/mol. The highest BCUT2D eigenvalue weighted by Crippen LogP contribution is 2.36. The highest BCUT2D eigenvalue weighted by molar-refractivity contribution is 5.89. The van der Waals surface area contributed by atoms with Gasteiger partial charge in [-0.05, 0) is 22.8 Å². The van der Waals surface area contributed by atoms with Crippen LogP contribution >= 0.6 is 0 Å². The second kappa shape index (κ2) is 6.04. The fraction of sp³-hybridized carbons (Fsp3) is 0. The Hall–Kier alpha value is -3.22. The van der Waals surface area contributed by atoms with E-state index in [2.05, 4.69) is 36.1 Å². The van der Waals surface area contributed by atoms with Crippen LogP contribution in [0.25, 0.3) is 22.3 Å². The molecule has 0 atom stereocenters. The summed E-state index contributed by atoms with van der Waals surface area (Å²) in [5.74, 6) is 5.47. The van der Waals surface area contributed by atoms with Gasteiger partial charge in [-0.15, -0.1) is 12.8 Å². The van der Waals surface area contributed by atoms with E-state index in [0.717, 1.165) is 33.4 Å². The van der Waals surface area contributed by atoms with Crippen LogP contribution in [0.3, 0.4) is 0 Å². The zero-order valence-corrected chi connectivity index (χ0v) is 12.1. The van der Waals surface area contributed by atoms with E-state index < -0.39 is 0 Å². The van der Waals surface area contributed by atoms with Gasteiger partial charge in [0.1, 0.15) is 0 Å². The van der Waals surface area contributed by atoms with Crippen LogP contribution in [0.15, 0.2) is 72.8 Å². The molecule has 0 saturated heterocycles. The van der Waals surface area contributed by atoms with Crippen molar-refractivity contribution in [1.82, 2.24) is 0 Å². The lowest BCUT2D eigenvalue weighted by Gasteiger charge is -2.14. The minimum Gasteiger partial charge on any atom is -0.115 e. The molecule has 0 aliphatic carbocycles. The van der Waals surface area contributed by atoms with E-state index >= 15 is 0 Å². The average Bonchev–Trinajstić information content (AvgIpc) is 2.61. The molecule has 0 amide bonds. The smallest absolute Gasteiger partial charge is 0.0483 e. The van der Waals surface area contributed by atoms with E-state index in [0.29, 0.717) is 0 Å². The summed E-state index contributed by atoms with van der Waals surface area (Å²) in [4.78, 5) is 0. The predicted octanol–water partition coefficient (Wildman–Crippen LogP) is 4.98. The van der Waals surface area contributed by atoms with Crippen molar-refractivity contribution in [3.63, 3.8) is 0 Å². The van der Waals surface area contributed by atoms with Crippen LogP contribution in [-0.4, -0.2) is 0 Å². The molecule has 0 nitrogen and oxygen atoms in total. The minimum absolute atomic E-state index is 0.751. The Kier molecular flexibility index (Phi) is 3.78. The summed E-state index contributed by atoms with van der Waals surface area (Å²) in [5, 5.41) is 0. The highest BCUT2D eigenvalue weighted by atomic mass is 14.2. The standard InChI is InChI=1S/C22H14/c1-3-17-15-16-21(18-11-7-5-8-12-18)22(20(17)4-2)19-13-9-6-10-14-19/h1-2,5-16H. The molecule has 0 unspecified atom stereocenters. The monoisotopic (exact) mass is 278 g/mol. The third-order valence-corrected chi connectivity index (χ3v) is 3.65. The molecule has 3 aromatic carbocycles. The molecular formula is C22H14. The van der Waals surface area contributed by atoms with Gasteiger partial charge >= 0.3 is 0 Å². The first-order chi connectivity index (χ1) is 10.8. The Bertz CT molecular complexity index is 873. The number of hydrogen-bond donors (Lipinski definition) is 0. The van der Waals surface area contributed by atoms with E-state index in [1.165, 1.54) is 0 Å². The molecule has 0 bridgehead atoms. The van der Waals surface area contributed by atoms with Crippen molar-refractivity contribution < 1.29 is 0 Å². The van der Waals surface area contributed by atoms with E-state index in [1.54, 1.807) is 0 Å². The zero-order chi connectivity index (χ0) is 15.4. The first-order valence-corrected chi connectivity index (χ1v) is 7.06. The molecule has 0 N–H and O–H groups in total. The van der Waals surface area contributed by atoms with Crippen LogP contribution in [0.2, 0.25) is 0 Å². The van der Waals surface area contributed by atoms with Crippen LogP contribution in [0, 0.1) is 24.7 Å². The Balaban J connectivity index is 2.38. The number of terminal acetylenes is 2. The van der Waals surface area contributed by atoms with Crippen molar-refractivity contribution in [2.24, 2.45) is 0 Å². The molecule has 0 heteroatoms. The number of hydrogen-bond acceptors (Lipinski definition) is 0. The molecule has 102 valence electrons. The molecule has 3 rings (SSSR count). The second-order valence-corrected chi connectivity index (χ2v) is 4.93. The summed E-state index contributed by atoms with van der Waals surface area (Å²) in [6.07, 6.45) is 11.4. The van der Waals surface area contributed by atoms with Crippen LogP contribution in [0.4, 0.5) is 0 Å². The van der Waals surface area contributed by atoms with Crippen molar-refractivity contribution in [3.05, 3.63) is 83.9 Å². The summed E-state index contributed by atoms with van der Waals surface area (Å²) in [6.45, 7) is 0. The van der Waals surface area contributed by atoms with Gasteiger partial charge in [0, 0.05) is 16.7 Å². The molecule has 0 saturated carbocycles. The topological polar surface area (TPSA) is 0 Å². The average molecular weight is 278 g/mol. The third-order valence-electron chi connectivity index (χ3n) is 3.65. The highest BCUT2D eigenvalue weighted by Gasteiger charge is 2.14. The van der Waals surface area contributed by atoms with Crippen LogP contribution in [0.5, 0.6) is 0 Å². The Morgan fingerprint density at radius 1 is 0.591 bits per heavy atom. The fourth-order valence-corrected chi connectivity index (χ4v) is 2.64. The molecule has 3 aromatic rings. The Morgan fingerprint density at radius 3 is 1.73 bits per heavy atom. The zero-order valence-electron chi connectivity index (χ0n) is 12.1. The molecule has 0 aliphatic heterocycles. The molecule has 0 radical (unpaired) electrons. The lowest BCUT2D eigenvalue weighted by molar-refractivity contribution is 1.53. The lowest BCUT2D eigenvalue weighted by Crippen LogP contribution is -1.94. The van der Waals surface area contributed by atoms with Crippen molar-refractivity contribution in [1.29, 1.82) is 0 Å². The van der Waals surface area contributed by atoms with Crippen LogP contribution in [0.1, 0.15) is 11.1 Å². The first kappa shape index (κ1) is 13.7. The van der Waals surface area contributed by atoms with Gasteiger partial charge in [-0.25, -0.2) is 0 Å².